The molecule has 0 aliphatic carbocycles. The van der Waals surface area contributed by atoms with Crippen LogP contribution in [0.4, 0.5) is 0 Å². The maximum absolute atomic E-state index is 13.2. The van der Waals surface area contributed by atoms with E-state index in [0.717, 1.165) is 6.42 Å². The van der Waals surface area contributed by atoms with Crippen LogP contribution in [0.5, 0.6) is 0 Å². The molecule has 1 atom stereocenters. The van der Waals surface area contributed by atoms with Crippen molar-refractivity contribution in [3.8, 4) is 5.69 Å². The van der Waals surface area contributed by atoms with E-state index in [-0.39, 0.29) is 28.1 Å². The molecule has 1 amide bonds. The number of esters is 1. The predicted octanol–water partition coefficient (Wildman–Crippen LogP) is 4.12. The van der Waals surface area contributed by atoms with Gasteiger partial charge in [0.05, 0.1) is 29.1 Å². The summed E-state index contributed by atoms with van der Waals surface area (Å²) in [5.41, 5.74) is 1.15. The van der Waals surface area contributed by atoms with Crippen molar-refractivity contribution >= 4 is 46.6 Å². The van der Waals surface area contributed by atoms with Crippen LogP contribution < -0.4 is 5.56 Å². The third-order valence-corrected chi connectivity index (χ3v) is 6.06. The molecule has 166 valence electrons. The van der Waals surface area contributed by atoms with Crippen molar-refractivity contribution in [3.63, 3.8) is 0 Å². The number of benzene rings is 2. The fraction of sp³-hybridized carbons (Fsp3) is 0.304. The Kier molecular flexibility index (Phi) is 6.43. The third-order valence-electron chi connectivity index (χ3n) is 5.54. The molecule has 1 aliphatic heterocycles. The SMILES string of the molecule is CCOC(=O)[C@H]1CCCN(C(=O)c2cccc(-n3c(=S)[nH]c4cc(Cl)ccc4c3=O)c2)C1. The van der Waals surface area contributed by atoms with Gasteiger partial charge in [0.2, 0.25) is 0 Å². The Hall–Kier alpha value is -2.97. The van der Waals surface area contributed by atoms with Crippen molar-refractivity contribution in [1.29, 1.82) is 0 Å². The maximum Gasteiger partial charge on any atom is 0.310 e. The first kappa shape index (κ1) is 22.2. The molecule has 1 aliphatic rings. The number of amides is 1. The monoisotopic (exact) mass is 471 g/mol. The van der Waals surface area contributed by atoms with E-state index in [1.54, 1.807) is 54.3 Å². The number of aromatic amines is 1. The van der Waals surface area contributed by atoms with Crippen molar-refractivity contribution in [2.75, 3.05) is 19.7 Å². The molecular formula is C23H22ClN3O4S. The fourth-order valence-electron chi connectivity index (χ4n) is 4.00. The number of ether oxygens (including phenoxy) is 1. The van der Waals surface area contributed by atoms with Crippen molar-refractivity contribution in [2.24, 2.45) is 5.92 Å². The summed E-state index contributed by atoms with van der Waals surface area (Å²) in [6, 6.07) is 11.7. The average molecular weight is 472 g/mol. The minimum Gasteiger partial charge on any atom is -0.466 e. The minimum absolute atomic E-state index is 0.198. The van der Waals surface area contributed by atoms with Crippen LogP contribution in [0, 0.1) is 10.7 Å². The van der Waals surface area contributed by atoms with Crippen LogP contribution in [0.25, 0.3) is 16.6 Å². The number of carbonyl (C=O) groups is 2. The van der Waals surface area contributed by atoms with Crippen LogP contribution in [-0.4, -0.2) is 46.0 Å². The van der Waals surface area contributed by atoms with Crippen molar-refractivity contribution in [1.82, 2.24) is 14.5 Å². The molecule has 2 heterocycles. The number of halogens is 1. The quantitative estimate of drug-likeness (QED) is 0.457. The third kappa shape index (κ3) is 4.33. The normalized spacial score (nSPS) is 16.2. The zero-order chi connectivity index (χ0) is 22.8. The molecule has 2 aromatic carbocycles. The van der Waals surface area contributed by atoms with Gasteiger partial charge in [-0.1, -0.05) is 17.7 Å². The number of rotatable bonds is 4. The number of nitrogens with one attached hydrogen (secondary N) is 1. The molecule has 1 N–H and O–H groups in total. The van der Waals surface area contributed by atoms with E-state index < -0.39 is 0 Å². The molecule has 0 unspecified atom stereocenters. The van der Waals surface area contributed by atoms with Crippen LogP contribution in [0.15, 0.2) is 47.3 Å². The summed E-state index contributed by atoms with van der Waals surface area (Å²) in [6.07, 6.45) is 1.43. The first-order valence-corrected chi connectivity index (χ1v) is 11.2. The summed E-state index contributed by atoms with van der Waals surface area (Å²) in [5, 5.41) is 0.934. The van der Waals surface area contributed by atoms with Gasteiger partial charge in [-0.2, -0.15) is 0 Å². The van der Waals surface area contributed by atoms with Gasteiger partial charge < -0.3 is 14.6 Å². The Morgan fingerprint density at radius 1 is 1.25 bits per heavy atom. The lowest BCUT2D eigenvalue weighted by atomic mass is 9.97. The second kappa shape index (κ2) is 9.26. The molecular weight excluding hydrogens is 450 g/mol. The minimum atomic E-state index is -0.320. The lowest BCUT2D eigenvalue weighted by Gasteiger charge is -2.31. The molecule has 0 bridgehead atoms. The van der Waals surface area contributed by atoms with Gasteiger partial charge >= 0.3 is 5.97 Å². The van der Waals surface area contributed by atoms with E-state index in [0.29, 0.717) is 53.3 Å². The molecule has 1 fully saturated rings. The molecule has 0 spiro atoms. The predicted molar refractivity (Wildman–Crippen MR) is 125 cm³/mol. The molecule has 32 heavy (non-hydrogen) atoms. The van der Waals surface area contributed by atoms with Crippen LogP contribution in [0.3, 0.4) is 0 Å². The molecule has 7 nitrogen and oxygen atoms in total. The Bertz CT molecular complexity index is 1320. The highest BCUT2D eigenvalue weighted by Crippen LogP contribution is 2.21. The van der Waals surface area contributed by atoms with Gasteiger partial charge in [0.1, 0.15) is 0 Å². The summed E-state index contributed by atoms with van der Waals surface area (Å²) < 4.78 is 6.69. The lowest BCUT2D eigenvalue weighted by Crippen LogP contribution is -2.42. The van der Waals surface area contributed by atoms with E-state index in [1.165, 1.54) is 4.57 Å². The summed E-state index contributed by atoms with van der Waals surface area (Å²) in [5.74, 6) is -0.788. The first-order valence-electron chi connectivity index (χ1n) is 10.4. The largest absolute Gasteiger partial charge is 0.466 e. The molecule has 1 aromatic heterocycles. The Morgan fingerprint density at radius 3 is 2.84 bits per heavy atom. The van der Waals surface area contributed by atoms with Crippen LogP contribution >= 0.6 is 23.8 Å². The standard InChI is InChI=1S/C23H22ClN3O4S/c1-2-31-22(30)15-6-4-10-26(13-15)20(28)14-5-3-7-17(11-14)27-21(29)18-9-8-16(24)12-19(18)25-23(27)32/h3,5,7-9,11-12,15H,2,4,6,10,13H2,1H3,(H,25,32)/t15-/m0/s1. The number of aromatic nitrogens is 2. The smallest absolute Gasteiger partial charge is 0.310 e. The number of carbonyl (C=O) groups excluding carboxylic acids is 2. The number of fused-ring (bicyclic) bond motifs is 1. The molecule has 1 saturated heterocycles. The topological polar surface area (TPSA) is 84.4 Å². The number of nitrogens with zero attached hydrogens (tertiary/aromatic N) is 2. The summed E-state index contributed by atoms with van der Waals surface area (Å²) >= 11 is 11.4. The Balaban J connectivity index is 1.67. The molecule has 3 aromatic rings. The highest BCUT2D eigenvalue weighted by Gasteiger charge is 2.30. The van der Waals surface area contributed by atoms with Crippen LogP contribution in [0.2, 0.25) is 5.02 Å². The number of likely N-dealkylation sites (tertiary alicyclic amines) is 1. The van der Waals surface area contributed by atoms with Gasteiger partial charge in [-0.15, -0.1) is 0 Å². The van der Waals surface area contributed by atoms with Gasteiger partial charge in [0.25, 0.3) is 11.5 Å². The van der Waals surface area contributed by atoms with Gasteiger partial charge in [0.15, 0.2) is 4.77 Å². The molecule has 9 heteroatoms. The van der Waals surface area contributed by atoms with E-state index >= 15 is 0 Å². The zero-order valence-electron chi connectivity index (χ0n) is 17.5. The summed E-state index contributed by atoms with van der Waals surface area (Å²) in [6.45, 7) is 2.97. The molecule has 4 rings (SSSR count). The van der Waals surface area contributed by atoms with Crippen molar-refractivity contribution in [2.45, 2.75) is 19.8 Å². The average Bonchev–Trinajstić information content (AvgIpc) is 2.79. The van der Waals surface area contributed by atoms with Crippen LogP contribution in [0.1, 0.15) is 30.1 Å². The fourth-order valence-corrected chi connectivity index (χ4v) is 4.47. The second-order valence-corrected chi connectivity index (χ2v) is 8.48. The Morgan fingerprint density at radius 2 is 2.06 bits per heavy atom. The number of H-pyrrole nitrogens is 1. The first-order chi connectivity index (χ1) is 15.4. The van der Waals surface area contributed by atoms with Crippen LogP contribution in [-0.2, 0) is 9.53 Å². The number of piperidine rings is 1. The van der Waals surface area contributed by atoms with Crippen molar-refractivity contribution < 1.29 is 14.3 Å². The number of hydrogen-bond donors (Lipinski definition) is 1. The van der Waals surface area contributed by atoms with Gasteiger partial charge in [0, 0.05) is 23.7 Å². The van der Waals surface area contributed by atoms with Crippen molar-refractivity contribution in [3.05, 3.63) is 68.2 Å². The van der Waals surface area contributed by atoms with E-state index in [2.05, 4.69) is 4.98 Å². The van der Waals surface area contributed by atoms with Gasteiger partial charge in [-0.05, 0) is 68.4 Å². The summed E-state index contributed by atoms with van der Waals surface area (Å²) in [4.78, 5) is 43.1. The molecule has 0 radical (unpaired) electrons. The maximum atomic E-state index is 13.2. The molecule has 0 saturated carbocycles. The van der Waals surface area contributed by atoms with E-state index in [4.69, 9.17) is 28.6 Å². The highest BCUT2D eigenvalue weighted by molar-refractivity contribution is 7.71. The Labute approximate surface area is 194 Å². The lowest BCUT2D eigenvalue weighted by molar-refractivity contribution is -0.149. The van der Waals surface area contributed by atoms with Gasteiger partial charge in [-0.3, -0.25) is 19.0 Å². The van der Waals surface area contributed by atoms with E-state index in [9.17, 15) is 14.4 Å². The highest BCUT2D eigenvalue weighted by atomic mass is 35.5. The second-order valence-electron chi connectivity index (χ2n) is 7.65. The number of hydrogen-bond acceptors (Lipinski definition) is 5. The zero-order valence-corrected chi connectivity index (χ0v) is 19.0. The summed E-state index contributed by atoms with van der Waals surface area (Å²) in [7, 11) is 0. The van der Waals surface area contributed by atoms with E-state index in [1.807, 2.05) is 0 Å². The van der Waals surface area contributed by atoms with Gasteiger partial charge in [-0.25, -0.2) is 0 Å².